The highest BCUT2D eigenvalue weighted by Gasteiger charge is 2.02. The quantitative estimate of drug-likeness (QED) is 0.449. The zero-order valence-electron chi connectivity index (χ0n) is 9.61. The second-order valence-corrected chi connectivity index (χ2v) is 3.24. The highest BCUT2D eigenvalue weighted by atomic mass is 16.5. The van der Waals surface area contributed by atoms with Crippen LogP contribution in [-0.2, 0) is 16.1 Å². The number of carbonyl (C=O) groups is 1. The molecular formula is C10H15N3O3. The Bertz CT molecular complexity index is 384. The first-order valence-electron chi connectivity index (χ1n) is 4.88. The first-order chi connectivity index (χ1) is 7.63. The van der Waals surface area contributed by atoms with Crippen molar-refractivity contribution in [3.05, 3.63) is 23.4 Å². The summed E-state index contributed by atoms with van der Waals surface area (Å²) in [4.78, 5) is 15.0. The molecule has 0 amide bonds. The van der Waals surface area contributed by atoms with Crippen LogP contribution in [0.1, 0.15) is 18.6 Å². The van der Waals surface area contributed by atoms with Gasteiger partial charge in [-0.2, -0.15) is 4.98 Å². The van der Waals surface area contributed by atoms with Crippen LogP contribution in [0.4, 0.5) is 0 Å². The van der Waals surface area contributed by atoms with Gasteiger partial charge in [0.05, 0.1) is 13.7 Å². The Morgan fingerprint density at radius 2 is 2.38 bits per heavy atom. The van der Waals surface area contributed by atoms with Crippen molar-refractivity contribution in [1.82, 2.24) is 15.5 Å². The summed E-state index contributed by atoms with van der Waals surface area (Å²) in [6.07, 6.45) is 1.75. The summed E-state index contributed by atoms with van der Waals surface area (Å²) < 4.78 is 9.36. The number of rotatable bonds is 5. The number of nitrogens with one attached hydrogen (secondary N) is 1. The number of hydrogen-bond acceptors (Lipinski definition) is 6. The number of esters is 1. The van der Waals surface area contributed by atoms with Crippen molar-refractivity contribution in [1.29, 1.82) is 0 Å². The molecule has 0 fully saturated rings. The summed E-state index contributed by atoms with van der Waals surface area (Å²) in [6.45, 7) is 4.49. The topological polar surface area (TPSA) is 77.2 Å². The number of aryl methyl sites for hydroxylation is 1. The molecule has 0 saturated carbocycles. The van der Waals surface area contributed by atoms with Gasteiger partial charge in [0, 0.05) is 19.0 Å². The van der Waals surface area contributed by atoms with Crippen molar-refractivity contribution in [2.45, 2.75) is 20.4 Å². The van der Waals surface area contributed by atoms with E-state index in [1.807, 2.05) is 0 Å². The molecule has 16 heavy (non-hydrogen) atoms. The van der Waals surface area contributed by atoms with E-state index in [9.17, 15) is 4.79 Å². The first-order valence-corrected chi connectivity index (χ1v) is 4.88. The molecule has 0 spiro atoms. The van der Waals surface area contributed by atoms with E-state index in [-0.39, 0.29) is 5.97 Å². The number of methoxy groups -OCH3 is 1. The molecule has 0 radical (unpaired) electrons. The molecule has 0 aliphatic carbocycles. The van der Waals surface area contributed by atoms with Crippen molar-refractivity contribution in [3.63, 3.8) is 0 Å². The van der Waals surface area contributed by atoms with Gasteiger partial charge >= 0.3 is 5.97 Å². The number of ether oxygens (including phenoxy) is 1. The van der Waals surface area contributed by atoms with Gasteiger partial charge in [-0.3, -0.25) is 0 Å². The van der Waals surface area contributed by atoms with E-state index in [0.29, 0.717) is 30.4 Å². The molecule has 0 atom stereocenters. The lowest BCUT2D eigenvalue weighted by molar-refractivity contribution is -0.136. The zero-order chi connectivity index (χ0) is 12.0. The van der Waals surface area contributed by atoms with Crippen LogP contribution < -0.4 is 5.32 Å². The SMILES string of the molecule is COC(=O)C(C)=CCNCc1noc(C)n1. The summed E-state index contributed by atoms with van der Waals surface area (Å²) >= 11 is 0. The van der Waals surface area contributed by atoms with Gasteiger partial charge in [0.15, 0.2) is 5.82 Å². The zero-order valence-corrected chi connectivity index (χ0v) is 9.61. The second-order valence-electron chi connectivity index (χ2n) is 3.24. The lowest BCUT2D eigenvalue weighted by Gasteiger charge is -1.99. The largest absolute Gasteiger partial charge is 0.466 e. The Kier molecular flexibility index (Phi) is 4.65. The molecule has 0 saturated heterocycles. The monoisotopic (exact) mass is 225 g/mol. The first kappa shape index (κ1) is 12.4. The standard InChI is InChI=1S/C10H15N3O3/c1-7(10(14)15-3)4-5-11-6-9-12-8(2)16-13-9/h4,11H,5-6H2,1-3H3. The lowest BCUT2D eigenvalue weighted by Crippen LogP contribution is -2.15. The van der Waals surface area contributed by atoms with Crippen LogP contribution in [-0.4, -0.2) is 29.8 Å². The van der Waals surface area contributed by atoms with Crippen molar-refractivity contribution in [2.24, 2.45) is 0 Å². The molecule has 0 aromatic carbocycles. The molecule has 0 unspecified atom stereocenters. The van der Waals surface area contributed by atoms with Crippen LogP contribution in [0.5, 0.6) is 0 Å². The molecule has 88 valence electrons. The minimum Gasteiger partial charge on any atom is -0.466 e. The van der Waals surface area contributed by atoms with E-state index in [4.69, 9.17) is 4.52 Å². The van der Waals surface area contributed by atoms with E-state index < -0.39 is 0 Å². The number of hydrogen-bond donors (Lipinski definition) is 1. The Balaban J connectivity index is 2.28. The molecule has 0 aliphatic heterocycles. The fourth-order valence-corrected chi connectivity index (χ4v) is 1.07. The summed E-state index contributed by atoms with van der Waals surface area (Å²) in [5.74, 6) is 0.817. The second kappa shape index (κ2) is 6.02. The normalized spacial score (nSPS) is 11.6. The van der Waals surface area contributed by atoms with Gasteiger partial charge < -0.3 is 14.6 Å². The van der Waals surface area contributed by atoms with E-state index in [1.54, 1.807) is 19.9 Å². The van der Waals surface area contributed by atoms with E-state index in [0.717, 1.165) is 0 Å². The van der Waals surface area contributed by atoms with Crippen LogP contribution >= 0.6 is 0 Å². The minimum absolute atomic E-state index is 0.322. The molecule has 1 N–H and O–H groups in total. The summed E-state index contributed by atoms with van der Waals surface area (Å²) in [7, 11) is 1.36. The predicted octanol–water partition coefficient (Wildman–Crippen LogP) is 0.587. The van der Waals surface area contributed by atoms with Crippen molar-refractivity contribution in [3.8, 4) is 0 Å². The highest BCUT2D eigenvalue weighted by Crippen LogP contribution is 1.95. The van der Waals surface area contributed by atoms with Crippen LogP contribution in [0, 0.1) is 6.92 Å². The van der Waals surface area contributed by atoms with Crippen LogP contribution in [0.25, 0.3) is 0 Å². The van der Waals surface area contributed by atoms with E-state index >= 15 is 0 Å². The molecule has 6 heteroatoms. The van der Waals surface area contributed by atoms with Gasteiger partial charge in [0.2, 0.25) is 5.89 Å². The third kappa shape index (κ3) is 3.82. The molecule has 1 aromatic rings. The molecular weight excluding hydrogens is 210 g/mol. The molecule has 1 aromatic heterocycles. The van der Waals surface area contributed by atoms with Gasteiger partial charge in [0.1, 0.15) is 0 Å². The average Bonchev–Trinajstić information content (AvgIpc) is 2.69. The van der Waals surface area contributed by atoms with Crippen molar-refractivity contribution < 1.29 is 14.1 Å². The molecule has 0 aliphatic rings. The van der Waals surface area contributed by atoms with Gasteiger partial charge in [-0.1, -0.05) is 11.2 Å². The lowest BCUT2D eigenvalue weighted by atomic mass is 10.3. The van der Waals surface area contributed by atoms with Gasteiger partial charge in [-0.05, 0) is 6.92 Å². The van der Waals surface area contributed by atoms with Crippen LogP contribution in [0.2, 0.25) is 0 Å². The van der Waals surface area contributed by atoms with Crippen molar-refractivity contribution >= 4 is 5.97 Å². The van der Waals surface area contributed by atoms with Crippen molar-refractivity contribution in [2.75, 3.05) is 13.7 Å². The van der Waals surface area contributed by atoms with Gasteiger partial charge in [-0.25, -0.2) is 4.79 Å². The maximum Gasteiger partial charge on any atom is 0.333 e. The molecule has 1 rings (SSSR count). The molecule has 6 nitrogen and oxygen atoms in total. The Morgan fingerprint density at radius 3 is 2.94 bits per heavy atom. The Morgan fingerprint density at radius 1 is 1.62 bits per heavy atom. The fraction of sp³-hybridized carbons (Fsp3) is 0.500. The van der Waals surface area contributed by atoms with Crippen LogP contribution in [0.15, 0.2) is 16.2 Å². The summed E-state index contributed by atoms with van der Waals surface area (Å²) in [5.41, 5.74) is 0.569. The molecule has 0 bridgehead atoms. The Labute approximate surface area is 93.7 Å². The fourth-order valence-electron chi connectivity index (χ4n) is 1.07. The summed E-state index contributed by atoms with van der Waals surface area (Å²) in [6, 6.07) is 0. The smallest absolute Gasteiger partial charge is 0.333 e. The maximum atomic E-state index is 11.0. The summed E-state index contributed by atoms with van der Waals surface area (Å²) in [5, 5.41) is 6.78. The number of nitrogens with zero attached hydrogens (tertiary/aromatic N) is 2. The number of aromatic nitrogens is 2. The van der Waals surface area contributed by atoms with E-state index in [1.165, 1.54) is 7.11 Å². The molecule has 1 heterocycles. The number of carbonyl (C=O) groups excluding carboxylic acids is 1. The average molecular weight is 225 g/mol. The van der Waals surface area contributed by atoms with Gasteiger partial charge in [-0.15, -0.1) is 0 Å². The van der Waals surface area contributed by atoms with E-state index in [2.05, 4.69) is 20.2 Å². The Hall–Kier alpha value is -1.69. The minimum atomic E-state index is -0.322. The predicted molar refractivity (Wildman–Crippen MR) is 56.5 cm³/mol. The maximum absolute atomic E-state index is 11.0. The van der Waals surface area contributed by atoms with Crippen LogP contribution in [0.3, 0.4) is 0 Å². The highest BCUT2D eigenvalue weighted by molar-refractivity contribution is 5.87. The third-order valence-corrected chi connectivity index (χ3v) is 1.91. The third-order valence-electron chi connectivity index (χ3n) is 1.91. The van der Waals surface area contributed by atoms with Gasteiger partial charge in [0.25, 0.3) is 0 Å².